The van der Waals surface area contributed by atoms with E-state index in [0.29, 0.717) is 12.2 Å². The highest BCUT2D eigenvalue weighted by molar-refractivity contribution is 5.92. The van der Waals surface area contributed by atoms with Crippen LogP contribution < -0.4 is 10.1 Å². The van der Waals surface area contributed by atoms with Crippen molar-refractivity contribution in [2.75, 3.05) is 11.9 Å². The van der Waals surface area contributed by atoms with E-state index in [2.05, 4.69) is 17.4 Å². The van der Waals surface area contributed by atoms with Crippen LogP contribution in [0.3, 0.4) is 0 Å². The number of aliphatic carboxylic acids is 1. The predicted molar refractivity (Wildman–Crippen MR) is 116 cm³/mol. The summed E-state index contributed by atoms with van der Waals surface area (Å²) in [5, 5.41) is 12.7. The average Bonchev–Trinajstić information content (AvgIpc) is 3.34. The van der Waals surface area contributed by atoms with Crippen LogP contribution in [0.5, 0.6) is 5.75 Å². The molecule has 0 saturated heterocycles. The molecule has 1 saturated carbocycles. The summed E-state index contributed by atoms with van der Waals surface area (Å²) in [5.74, 6) is -0.0757. The summed E-state index contributed by atoms with van der Waals surface area (Å²) in [4.78, 5) is 24.2. The van der Waals surface area contributed by atoms with Crippen LogP contribution in [0.1, 0.15) is 49.3 Å². The number of carboxylic acids is 1. The number of nitrogens with one attached hydrogen (secondary N) is 1. The lowest BCUT2D eigenvalue weighted by atomic mass is 9.79. The summed E-state index contributed by atoms with van der Waals surface area (Å²) in [6.45, 7) is 2.18. The number of hydrogen-bond donors (Lipinski definition) is 2. The van der Waals surface area contributed by atoms with Crippen molar-refractivity contribution in [3.8, 4) is 5.75 Å². The Morgan fingerprint density at radius 1 is 1.10 bits per heavy atom. The molecular formula is C25H29NO4. The first-order valence-electron chi connectivity index (χ1n) is 10.8. The van der Waals surface area contributed by atoms with Crippen LogP contribution in [0.15, 0.2) is 42.5 Å². The summed E-state index contributed by atoms with van der Waals surface area (Å²) in [6.07, 6.45) is 6.20. The fourth-order valence-electron chi connectivity index (χ4n) is 4.80. The molecule has 2 N–H and O–H groups in total. The molecule has 2 aliphatic carbocycles. The minimum Gasteiger partial charge on any atom is -0.492 e. The molecule has 2 aliphatic rings. The van der Waals surface area contributed by atoms with E-state index in [0.717, 1.165) is 36.9 Å². The lowest BCUT2D eigenvalue weighted by molar-refractivity contribution is -0.153. The van der Waals surface area contributed by atoms with E-state index < -0.39 is 11.4 Å². The van der Waals surface area contributed by atoms with Crippen molar-refractivity contribution in [2.24, 2.45) is 11.3 Å². The summed E-state index contributed by atoms with van der Waals surface area (Å²) in [5.41, 5.74) is 3.67. The van der Waals surface area contributed by atoms with Gasteiger partial charge in [0.25, 0.3) is 0 Å². The Labute approximate surface area is 177 Å². The molecule has 158 valence electrons. The number of fused-ring (bicyclic) bond motifs is 1. The first kappa shape index (κ1) is 20.5. The Bertz CT molecular complexity index is 937. The smallest absolute Gasteiger partial charge is 0.313 e. The Morgan fingerprint density at radius 3 is 2.57 bits per heavy atom. The van der Waals surface area contributed by atoms with Crippen LogP contribution in [0.4, 0.5) is 5.69 Å². The van der Waals surface area contributed by atoms with Crippen molar-refractivity contribution in [1.82, 2.24) is 0 Å². The Hall–Kier alpha value is -2.82. The van der Waals surface area contributed by atoms with E-state index >= 15 is 0 Å². The number of carbonyl (C=O) groups is 2. The van der Waals surface area contributed by atoms with Gasteiger partial charge in [-0.15, -0.1) is 0 Å². The second kappa shape index (κ2) is 8.50. The van der Waals surface area contributed by atoms with Crippen LogP contribution in [0.2, 0.25) is 0 Å². The third kappa shape index (κ3) is 4.20. The number of carboxylic acid groups (broad SMARTS) is 1. The Morgan fingerprint density at radius 2 is 1.87 bits per heavy atom. The van der Waals surface area contributed by atoms with Gasteiger partial charge in [-0.05, 0) is 79.0 Å². The van der Waals surface area contributed by atoms with Gasteiger partial charge < -0.3 is 15.2 Å². The van der Waals surface area contributed by atoms with Gasteiger partial charge in [0, 0.05) is 5.69 Å². The molecule has 0 aromatic heterocycles. The number of anilines is 1. The molecular weight excluding hydrogens is 378 g/mol. The zero-order valence-electron chi connectivity index (χ0n) is 17.4. The maximum absolute atomic E-state index is 12.4. The van der Waals surface area contributed by atoms with E-state index in [1.807, 2.05) is 37.3 Å². The van der Waals surface area contributed by atoms with Gasteiger partial charge >= 0.3 is 5.97 Å². The first-order chi connectivity index (χ1) is 14.5. The normalized spacial score (nSPS) is 22.5. The molecule has 0 aliphatic heterocycles. The van der Waals surface area contributed by atoms with Gasteiger partial charge in [0.2, 0.25) is 5.91 Å². The van der Waals surface area contributed by atoms with Crippen LogP contribution in [0.25, 0.3) is 0 Å². The minimum atomic E-state index is -0.797. The molecule has 0 heterocycles. The number of hydrogen-bond acceptors (Lipinski definition) is 3. The largest absolute Gasteiger partial charge is 0.492 e. The predicted octanol–water partition coefficient (Wildman–Crippen LogP) is 4.63. The highest BCUT2D eigenvalue weighted by atomic mass is 16.5. The number of aryl methyl sites for hydroxylation is 2. The van der Waals surface area contributed by atoms with Gasteiger partial charge in [-0.3, -0.25) is 9.59 Å². The van der Waals surface area contributed by atoms with Crippen LogP contribution >= 0.6 is 0 Å². The van der Waals surface area contributed by atoms with Crippen molar-refractivity contribution in [3.63, 3.8) is 0 Å². The van der Waals surface area contributed by atoms with Crippen LogP contribution in [-0.4, -0.2) is 23.6 Å². The first-order valence-corrected chi connectivity index (χ1v) is 10.8. The second-order valence-corrected chi connectivity index (χ2v) is 8.75. The molecule has 30 heavy (non-hydrogen) atoms. The molecule has 0 radical (unpaired) electrons. The minimum absolute atomic E-state index is 0.0498. The fraction of sp³-hybridized carbons (Fsp3) is 0.440. The summed E-state index contributed by atoms with van der Waals surface area (Å²) < 4.78 is 5.84. The zero-order valence-corrected chi connectivity index (χ0v) is 17.4. The monoisotopic (exact) mass is 407 g/mol. The summed E-state index contributed by atoms with van der Waals surface area (Å²) in [6, 6.07) is 13.5. The third-order valence-corrected chi connectivity index (χ3v) is 6.80. The van der Waals surface area contributed by atoms with Crippen molar-refractivity contribution < 1.29 is 19.4 Å². The highest BCUT2D eigenvalue weighted by Gasteiger charge is 2.47. The maximum atomic E-state index is 12.4. The van der Waals surface area contributed by atoms with Crippen molar-refractivity contribution >= 4 is 17.6 Å². The Kier molecular flexibility index (Phi) is 5.80. The van der Waals surface area contributed by atoms with E-state index in [9.17, 15) is 14.7 Å². The van der Waals surface area contributed by atoms with E-state index in [4.69, 9.17) is 4.74 Å². The zero-order chi connectivity index (χ0) is 21.1. The molecule has 5 nitrogen and oxygen atoms in total. The van der Waals surface area contributed by atoms with Gasteiger partial charge in [0.1, 0.15) is 17.8 Å². The van der Waals surface area contributed by atoms with Crippen LogP contribution in [0, 0.1) is 11.3 Å². The highest BCUT2D eigenvalue weighted by Crippen LogP contribution is 2.43. The molecule has 0 spiro atoms. The molecule has 2 aromatic carbocycles. The molecule has 1 amide bonds. The van der Waals surface area contributed by atoms with Gasteiger partial charge in [-0.2, -0.15) is 0 Å². The summed E-state index contributed by atoms with van der Waals surface area (Å²) in [7, 11) is 0. The molecule has 2 aromatic rings. The number of rotatable bonds is 7. The van der Waals surface area contributed by atoms with Crippen molar-refractivity contribution in [3.05, 3.63) is 59.2 Å². The van der Waals surface area contributed by atoms with E-state index in [1.54, 1.807) is 0 Å². The lowest BCUT2D eigenvalue weighted by Gasteiger charge is -2.28. The molecule has 2 atom stereocenters. The van der Waals surface area contributed by atoms with Gasteiger partial charge in [-0.1, -0.05) is 31.5 Å². The lowest BCUT2D eigenvalue weighted by Crippen LogP contribution is -2.39. The van der Waals surface area contributed by atoms with Crippen LogP contribution in [-0.2, 0) is 28.9 Å². The molecule has 5 heteroatoms. The van der Waals surface area contributed by atoms with E-state index in [-0.39, 0.29) is 24.9 Å². The number of amides is 1. The van der Waals surface area contributed by atoms with Gasteiger partial charge in [-0.25, -0.2) is 0 Å². The molecule has 4 rings (SSSR count). The fourth-order valence-corrected chi connectivity index (χ4v) is 4.80. The number of ether oxygens (including phenoxy) is 1. The van der Waals surface area contributed by atoms with E-state index in [1.165, 1.54) is 17.5 Å². The second-order valence-electron chi connectivity index (χ2n) is 8.75. The third-order valence-electron chi connectivity index (χ3n) is 6.80. The van der Waals surface area contributed by atoms with Crippen molar-refractivity contribution in [2.45, 2.75) is 51.9 Å². The SMILES string of the molecule is CC1CCCC1(COc1ccc(CC(=O)Nc2ccc3c(c2)CCC3)cc1)C(=O)O. The Balaban J connectivity index is 1.32. The summed E-state index contributed by atoms with van der Waals surface area (Å²) >= 11 is 0. The number of carbonyl (C=O) groups excluding carboxylic acids is 1. The quantitative estimate of drug-likeness (QED) is 0.702. The van der Waals surface area contributed by atoms with Gasteiger partial charge in [0.05, 0.1) is 6.42 Å². The molecule has 2 unspecified atom stereocenters. The maximum Gasteiger partial charge on any atom is 0.313 e. The average molecular weight is 408 g/mol. The molecule has 1 fully saturated rings. The topological polar surface area (TPSA) is 75.6 Å². The number of benzene rings is 2. The van der Waals surface area contributed by atoms with Crippen molar-refractivity contribution in [1.29, 1.82) is 0 Å². The van der Waals surface area contributed by atoms with Gasteiger partial charge in [0.15, 0.2) is 0 Å². The molecule has 0 bridgehead atoms. The standard InChI is InChI=1S/C25H29NO4/c1-17-4-3-13-25(17,24(28)29)16-30-22-11-7-18(8-12-22)14-23(27)26-21-10-9-19-5-2-6-20(19)15-21/h7-12,15,17H,2-6,13-14,16H2,1H3,(H,26,27)(H,28,29).